The first kappa shape index (κ1) is 24.2. The highest BCUT2D eigenvalue weighted by Crippen LogP contribution is 2.30. The van der Waals surface area contributed by atoms with Crippen LogP contribution in [0.3, 0.4) is 0 Å². The highest BCUT2D eigenvalue weighted by molar-refractivity contribution is 5.92. The molecule has 4 rings (SSSR count). The van der Waals surface area contributed by atoms with Gasteiger partial charge in [-0.1, -0.05) is 27.0 Å². The Morgan fingerprint density at radius 3 is 2.35 bits per heavy atom. The van der Waals surface area contributed by atoms with Gasteiger partial charge in [-0.2, -0.15) is 13.2 Å². The van der Waals surface area contributed by atoms with Crippen molar-refractivity contribution < 1.29 is 18.0 Å². The Hall–Kier alpha value is -3.10. The number of pyridine rings is 2. The minimum atomic E-state index is -4.48. The fourth-order valence-corrected chi connectivity index (χ4v) is 3.61. The second kappa shape index (κ2) is 9.80. The maximum atomic E-state index is 13.0. The molecule has 31 heavy (non-hydrogen) atoms. The highest BCUT2D eigenvalue weighted by atomic mass is 19.4. The van der Waals surface area contributed by atoms with E-state index in [1.807, 2.05) is 0 Å². The zero-order valence-corrected chi connectivity index (χ0v) is 15.5. The molecule has 3 heterocycles. The van der Waals surface area contributed by atoms with Crippen LogP contribution in [0.2, 0.25) is 0 Å². The maximum Gasteiger partial charge on any atom is 0.434 e. The summed E-state index contributed by atoms with van der Waals surface area (Å²) in [5.41, 5.74) is -0.272. The molecule has 3 aromatic rings. The topological polar surface area (TPSA) is 71.3 Å². The summed E-state index contributed by atoms with van der Waals surface area (Å²) >= 11 is 0. The fraction of sp³-hybridized carbons (Fsp3) is 0.409. The molecule has 1 fully saturated rings. The number of hydrogen-bond acceptors (Lipinski definition) is 4. The van der Waals surface area contributed by atoms with Crippen LogP contribution in [0.5, 0.6) is 0 Å². The maximum absolute atomic E-state index is 13.0. The van der Waals surface area contributed by atoms with E-state index in [4.69, 9.17) is 0 Å². The van der Waals surface area contributed by atoms with Crippen molar-refractivity contribution in [1.29, 1.82) is 0 Å². The highest BCUT2D eigenvalue weighted by Gasteiger charge is 2.34. The molecular formula is C22H28F3N5O. The number of nitrogens with zero attached hydrogens (tertiary/aromatic N) is 3. The van der Waals surface area contributed by atoms with Crippen molar-refractivity contribution >= 4 is 17.4 Å². The van der Waals surface area contributed by atoms with E-state index in [0.29, 0.717) is 11.5 Å². The zero-order chi connectivity index (χ0) is 20.4. The summed E-state index contributed by atoms with van der Waals surface area (Å²) in [6.07, 6.45) is 1.27. The van der Waals surface area contributed by atoms with E-state index in [9.17, 15) is 18.0 Å². The van der Waals surface area contributed by atoms with Gasteiger partial charge in [0.2, 0.25) is 0 Å². The minimum Gasteiger partial charge on any atom is -0.368 e. The summed E-state index contributed by atoms with van der Waals surface area (Å²) in [5.74, 6) is 0.386. The van der Waals surface area contributed by atoms with Gasteiger partial charge in [-0.3, -0.25) is 14.2 Å². The molecule has 0 spiro atoms. The third-order valence-electron chi connectivity index (χ3n) is 5.09. The van der Waals surface area contributed by atoms with Crippen LogP contribution in [0.4, 0.5) is 19.0 Å². The number of rotatable bonds is 4. The van der Waals surface area contributed by atoms with Crippen LogP contribution in [0.1, 0.15) is 56.7 Å². The van der Waals surface area contributed by atoms with Gasteiger partial charge in [-0.25, -0.2) is 4.98 Å². The molecule has 0 saturated heterocycles. The number of carbonyl (C=O) groups excluding carboxylic acids is 1. The first-order valence-electron chi connectivity index (χ1n) is 9.44. The number of halogens is 3. The normalized spacial score (nSPS) is 18.5. The predicted molar refractivity (Wildman–Crippen MR) is 115 cm³/mol. The Kier molecular flexibility index (Phi) is 7.65. The van der Waals surface area contributed by atoms with Crippen molar-refractivity contribution in [3.8, 4) is 0 Å². The molecule has 1 aliphatic rings. The van der Waals surface area contributed by atoms with Crippen LogP contribution < -0.4 is 10.6 Å². The zero-order valence-electron chi connectivity index (χ0n) is 15.5. The van der Waals surface area contributed by atoms with Gasteiger partial charge in [0.25, 0.3) is 5.91 Å². The molecule has 168 valence electrons. The van der Waals surface area contributed by atoms with E-state index in [1.54, 1.807) is 42.6 Å². The van der Waals surface area contributed by atoms with Crippen molar-refractivity contribution in [2.75, 3.05) is 5.32 Å². The van der Waals surface area contributed by atoms with E-state index in [2.05, 4.69) is 20.6 Å². The molecule has 0 unspecified atom stereocenters. The number of aromatic nitrogens is 3. The molecule has 0 atom stereocenters. The molecule has 3 aromatic heterocycles. The Morgan fingerprint density at radius 1 is 1.00 bits per heavy atom. The van der Waals surface area contributed by atoms with E-state index < -0.39 is 11.9 Å². The number of nitrogens with one attached hydrogen (secondary N) is 2. The van der Waals surface area contributed by atoms with Gasteiger partial charge in [0.05, 0.1) is 0 Å². The number of amides is 1. The first-order chi connectivity index (χ1) is 13.9. The van der Waals surface area contributed by atoms with Gasteiger partial charge in [0.1, 0.15) is 17.2 Å². The summed E-state index contributed by atoms with van der Waals surface area (Å²) in [6, 6.07) is 10.3. The van der Waals surface area contributed by atoms with Gasteiger partial charge in [0.15, 0.2) is 5.69 Å². The SMILES string of the molecule is C.C.O=C(NC1CCC(Nc2cccc3nc(C(F)(F)F)cn23)CC1)c1ccccn1. The largest absolute Gasteiger partial charge is 0.434 e. The molecule has 1 aliphatic carbocycles. The van der Waals surface area contributed by atoms with Crippen LogP contribution in [0.15, 0.2) is 48.8 Å². The van der Waals surface area contributed by atoms with Crippen molar-refractivity contribution in [3.05, 3.63) is 60.2 Å². The van der Waals surface area contributed by atoms with Crippen LogP contribution in [0.25, 0.3) is 5.65 Å². The molecule has 0 radical (unpaired) electrons. The van der Waals surface area contributed by atoms with E-state index >= 15 is 0 Å². The first-order valence-corrected chi connectivity index (χ1v) is 9.44. The molecule has 1 amide bonds. The lowest BCUT2D eigenvalue weighted by Crippen LogP contribution is -2.40. The average Bonchev–Trinajstić information content (AvgIpc) is 3.16. The number of hydrogen-bond donors (Lipinski definition) is 2. The number of carbonyl (C=O) groups is 1. The van der Waals surface area contributed by atoms with Gasteiger partial charge >= 0.3 is 6.18 Å². The van der Waals surface area contributed by atoms with Crippen LogP contribution >= 0.6 is 0 Å². The van der Waals surface area contributed by atoms with Gasteiger partial charge < -0.3 is 10.6 Å². The lowest BCUT2D eigenvalue weighted by molar-refractivity contribution is -0.140. The molecule has 6 nitrogen and oxygen atoms in total. The standard InChI is InChI=1S/C20H20F3N5O.2CH4/c21-20(22,23)16-12-28-17(5-3-6-18(28)27-16)25-13-7-9-14(10-8-13)26-19(29)15-4-1-2-11-24-15;;/h1-6,11-14,25H,7-10H2,(H,26,29);2*1H4. The Bertz CT molecular complexity index is 995. The fourth-order valence-electron chi connectivity index (χ4n) is 3.61. The van der Waals surface area contributed by atoms with E-state index in [1.165, 1.54) is 4.40 Å². The Balaban J connectivity index is 0.00000171. The molecule has 0 aliphatic heterocycles. The smallest absolute Gasteiger partial charge is 0.368 e. The van der Waals surface area contributed by atoms with E-state index in [-0.39, 0.29) is 38.5 Å². The number of imidazole rings is 1. The number of alkyl halides is 3. The Labute approximate surface area is 179 Å². The third-order valence-corrected chi connectivity index (χ3v) is 5.09. The van der Waals surface area contributed by atoms with Crippen LogP contribution in [0, 0.1) is 0 Å². The molecule has 2 N–H and O–H groups in total. The summed E-state index contributed by atoms with van der Waals surface area (Å²) in [7, 11) is 0. The molecular weight excluding hydrogens is 407 g/mol. The summed E-state index contributed by atoms with van der Waals surface area (Å²) < 4.78 is 40.3. The minimum absolute atomic E-state index is 0. The second-order valence-electron chi connectivity index (χ2n) is 7.14. The quantitative estimate of drug-likeness (QED) is 0.593. The summed E-state index contributed by atoms with van der Waals surface area (Å²) in [4.78, 5) is 19.9. The molecule has 0 bridgehead atoms. The Morgan fingerprint density at radius 2 is 1.71 bits per heavy atom. The monoisotopic (exact) mass is 435 g/mol. The average molecular weight is 435 g/mol. The number of anilines is 1. The summed E-state index contributed by atoms with van der Waals surface area (Å²) in [6.45, 7) is 0. The lowest BCUT2D eigenvalue weighted by Gasteiger charge is -2.30. The third kappa shape index (κ3) is 5.53. The van der Waals surface area contributed by atoms with Crippen molar-refractivity contribution in [2.45, 2.75) is 58.8 Å². The second-order valence-corrected chi connectivity index (χ2v) is 7.14. The lowest BCUT2D eigenvalue weighted by atomic mass is 9.91. The predicted octanol–water partition coefficient (Wildman–Crippen LogP) is 5.17. The van der Waals surface area contributed by atoms with Crippen molar-refractivity contribution in [2.24, 2.45) is 0 Å². The van der Waals surface area contributed by atoms with Crippen LogP contribution in [-0.4, -0.2) is 32.4 Å². The number of fused-ring (bicyclic) bond motifs is 1. The van der Waals surface area contributed by atoms with Crippen molar-refractivity contribution in [1.82, 2.24) is 19.7 Å². The summed E-state index contributed by atoms with van der Waals surface area (Å²) in [5, 5.41) is 6.32. The van der Waals surface area contributed by atoms with Crippen molar-refractivity contribution in [3.63, 3.8) is 0 Å². The van der Waals surface area contributed by atoms with Gasteiger partial charge in [-0.05, 0) is 49.9 Å². The van der Waals surface area contributed by atoms with E-state index in [0.717, 1.165) is 31.9 Å². The molecule has 9 heteroatoms. The van der Waals surface area contributed by atoms with Gasteiger partial charge in [0, 0.05) is 24.5 Å². The van der Waals surface area contributed by atoms with Gasteiger partial charge in [-0.15, -0.1) is 0 Å². The molecule has 1 saturated carbocycles. The van der Waals surface area contributed by atoms with Crippen LogP contribution in [-0.2, 0) is 6.18 Å². The molecule has 0 aromatic carbocycles.